The van der Waals surface area contributed by atoms with Gasteiger partial charge in [0, 0.05) is 17.8 Å². The van der Waals surface area contributed by atoms with Gasteiger partial charge in [0.15, 0.2) is 0 Å². The Morgan fingerprint density at radius 3 is 2.55 bits per heavy atom. The number of carbonyl (C=O) groups is 1. The van der Waals surface area contributed by atoms with Crippen LogP contribution in [0.2, 0.25) is 0 Å². The van der Waals surface area contributed by atoms with Crippen LogP contribution in [0, 0.1) is 12.7 Å². The summed E-state index contributed by atoms with van der Waals surface area (Å²) in [6, 6.07) is 11.4. The molecule has 2 rings (SSSR count). The lowest BCUT2D eigenvalue weighted by Crippen LogP contribution is -2.31. The summed E-state index contributed by atoms with van der Waals surface area (Å²) >= 11 is 0. The molecule has 2 aromatic carbocycles. The quantitative estimate of drug-likeness (QED) is 0.871. The summed E-state index contributed by atoms with van der Waals surface area (Å²) in [5, 5.41) is 0. The number of benzene rings is 2. The van der Waals surface area contributed by atoms with Gasteiger partial charge in [-0.05, 0) is 49.7 Å². The van der Waals surface area contributed by atoms with Crippen molar-refractivity contribution in [3.63, 3.8) is 0 Å². The zero-order valence-electron chi connectivity index (χ0n) is 11.6. The molecule has 0 aliphatic rings. The van der Waals surface area contributed by atoms with Gasteiger partial charge in [0.25, 0.3) is 5.91 Å². The van der Waals surface area contributed by atoms with Crippen molar-refractivity contribution in [1.82, 2.24) is 0 Å². The lowest BCUT2D eigenvalue weighted by molar-refractivity contribution is 0.0987. The number of amides is 1. The van der Waals surface area contributed by atoms with E-state index in [0.29, 0.717) is 17.8 Å². The van der Waals surface area contributed by atoms with E-state index < -0.39 is 5.82 Å². The lowest BCUT2D eigenvalue weighted by atomic mass is 10.1. The maximum absolute atomic E-state index is 13.9. The molecule has 0 saturated carbocycles. The number of para-hydroxylation sites is 1. The minimum atomic E-state index is -0.407. The van der Waals surface area contributed by atoms with Crippen LogP contribution in [0.4, 0.5) is 15.8 Å². The van der Waals surface area contributed by atoms with Gasteiger partial charge in [-0.3, -0.25) is 4.79 Å². The van der Waals surface area contributed by atoms with E-state index in [1.54, 1.807) is 36.4 Å². The molecule has 1 amide bonds. The van der Waals surface area contributed by atoms with Gasteiger partial charge in [-0.1, -0.05) is 12.1 Å². The Hall–Kier alpha value is -2.36. The minimum Gasteiger partial charge on any atom is -0.399 e. The Balaban J connectivity index is 2.42. The first kappa shape index (κ1) is 14.1. The van der Waals surface area contributed by atoms with E-state index in [9.17, 15) is 9.18 Å². The molecule has 2 N–H and O–H groups in total. The van der Waals surface area contributed by atoms with E-state index in [2.05, 4.69) is 0 Å². The number of hydrogen-bond donors (Lipinski definition) is 1. The monoisotopic (exact) mass is 272 g/mol. The summed E-state index contributed by atoms with van der Waals surface area (Å²) in [6.45, 7) is 4.03. The Morgan fingerprint density at radius 2 is 1.95 bits per heavy atom. The summed E-state index contributed by atoms with van der Waals surface area (Å²) < 4.78 is 13.9. The number of aryl methyl sites for hydroxylation is 1. The molecule has 0 spiro atoms. The Kier molecular flexibility index (Phi) is 4.03. The maximum Gasteiger partial charge on any atom is 0.258 e. The zero-order valence-corrected chi connectivity index (χ0v) is 11.6. The fourth-order valence-electron chi connectivity index (χ4n) is 2.17. The molecule has 0 bridgehead atoms. The first-order valence-electron chi connectivity index (χ1n) is 6.47. The Morgan fingerprint density at radius 1 is 1.25 bits per heavy atom. The van der Waals surface area contributed by atoms with Crippen molar-refractivity contribution in [2.75, 3.05) is 17.2 Å². The van der Waals surface area contributed by atoms with Gasteiger partial charge in [-0.25, -0.2) is 4.39 Å². The van der Waals surface area contributed by atoms with Gasteiger partial charge in [-0.2, -0.15) is 0 Å². The fraction of sp³-hybridized carbons (Fsp3) is 0.188. The van der Waals surface area contributed by atoms with Gasteiger partial charge < -0.3 is 10.6 Å². The molecule has 0 radical (unpaired) electrons. The number of nitrogens with two attached hydrogens (primary N) is 1. The van der Waals surface area contributed by atoms with E-state index in [1.165, 1.54) is 11.0 Å². The van der Waals surface area contributed by atoms with Crippen molar-refractivity contribution >= 4 is 17.3 Å². The summed E-state index contributed by atoms with van der Waals surface area (Å²) in [7, 11) is 0. The normalized spacial score (nSPS) is 10.3. The summed E-state index contributed by atoms with van der Waals surface area (Å²) in [4.78, 5) is 14.0. The average Bonchev–Trinajstić information content (AvgIpc) is 2.41. The molecule has 3 nitrogen and oxygen atoms in total. The second-order valence-electron chi connectivity index (χ2n) is 4.58. The Bertz CT molecular complexity index is 640. The molecule has 0 saturated heterocycles. The number of carbonyl (C=O) groups excluding carboxylic acids is 1. The first-order chi connectivity index (χ1) is 9.54. The summed E-state index contributed by atoms with van der Waals surface area (Å²) in [6.07, 6.45) is 0. The number of anilines is 2. The third kappa shape index (κ3) is 2.64. The number of nitrogens with zero attached hydrogens (tertiary/aromatic N) is 1. The smallest absolute Gasteiger partial charge is 0.258 e. The molecule has 20 heavy (non-hydrogen) atoms. The number of nitrogen functional groups attached to an aromatic ring is 1. The van der Waals surface area contributed by atoms with Crippen LogP contribution in [-0.2, 0) is 0 Å². The third-order valence-electron chi connectivity index (χ3n) is 3.19. The predicted octanol–water partition coefficient (Wildman–Crippen LogP) is 3.38. The molecule has 0 heterocycles. The molecule has 104 valence electrons. The van der Waals surface area contributed by atoms with Crippen LogP contribution < -0.4 is 10.6 Å². The molecule has 4 heteroatoms. The molecule has 0 atom stereocenters. The standard InChI is InChI=1S/C16H17FN2O/c1-3-19(15-7-5-4-6-14(15)17)16(20)13-9-8-12(18)10-11(13)2/h4-10H,3,18H2,1-2H3. The first-order valence-corrected chi connectivity index (χ1v) is 6.47. The highest BCUT2D eigenvalue weighted by atomic mass is 19.1. The summed E-state index contributed by atoms with van der Waals surface area (Å²) in [5.74, 6) is -0.633. The highest BCUT2D eigenvalue weighted by molar-refractivity contribution is 6.07. The highest BCUT2D eigenvalue weighted by Crippen LogP contribution is 2.22. The lowest BCUT2D eigenvalue weighted by Gasteiger charge is -2.22. The SMILES string of the molecule is CCN(C(=O)c1ccc(N)cc1C)c1ccccc1F. The molecule has 0 fully saturated rings. The van der Waals surface area contributed by atoms with Crippen molar-refractivity contribution in [2.24, 2.45) is 0 Å². The van der Waals surface area contributed by atoms with Crippen LogP contribution in [0.1, 0.15) is 22.8 Å². The zero-order chi connectivity index (χ0) is 14.7. The van der Waals surface area contributed by atoms with Gasteiger partial charge in [0.1, 0.15) is 5.82 Å². The van der Waals surface area contributed by atoms with Gasteiger partial charge in [0.05, 0.1) is 5.69 Å². The molecule has 0 aliphatic heterocycles. The molecule has 0 aliphatic carbocycles. The second-order valence-corrected chi connectivity index (χ2v) is 4.58. The van der Waals surface area contributed by atoms with Crippen molar-refractivity contribution in [1.29, 1.82) is 0 Å². The average molecular weight is 272 g/mol. The van der Waals surface area contributed by atoms with Crippen molar-refractivity contribution < 1.29 is 9.18 Å². The van der Waals surface area contributed by atoms with E-state index in [0.717, 1.165) is 5.56 Å². The van der Waals surface area contributed by atoms with Crippen LogP contribution in [0.25, 0.3) is 0 Å². The van der Waals surface area contributed by atoms with Gasteiger partial charge in [-0.15, -0.1) is 0 Å². The predicted molar refractivity (Wildman–Crippen MR) is 79.3 cm³/mol. The van der Waals surface area contributed by atoms with Crippen LogP contribution in [-0.4, -0.2) is 12.5 Å². The maximum atomic E-state index is 13.9. The molecule has 2 aromatic rings. The topological polar surface area (TPSA) is 46.3 Å². The minimum absolute atomic E-state index is 0.227. The van der Waals surface area contributed by atoms with Crippen molar-refractivity contribution in [3.8, 4) is 0 Å². The molecular weight excluding hydrogens is 255 g/mol. The van der Waals surface area contributed by atoms with E-state index >= 15 is 0 Å². The number of halogens is 1. The molecular formula is C16H17FN2O. The summed E-state index contributed by atoms with van der Waals surface area (Å²) in [5.41, 5.74) is 7.89. The van der Waals surface area contributed by atoms with E-state index in [-0.39, 0.29) is 11.6 Å². The van der Waals surface area contributed by atoms with Crippen molar-refractivity contribution in [3.05, 3.63) is 59.4 Å². The number of hydrogen-bond acceptors (Lipinski definition) is 2. The van der Waals surface area contributed by atoms with Gasteiger partial charge in [0.2, 0.25) is 0 Å². The van der Waals surface area contributed by atoms with Crippen LogP contribution in [0.3, 0.4) is 0 Å². The largest absolute Gasteiger partial charge is 0.399 e. The molecule has 0 unspecified atom stereocenters. The molecule has 0 aromatic heterocycles. The highest BCUT2D eigenvalue weighted by Gasteiger charge is 2.20. The number of rotatable bonds is 3. The van der Waals surface area contributed by atoms with E-state index in [4.69, 9.17) is 5.73 Å². The fourth-order valence-corrected chi connectivity index (χ4v) is 2.17. The van der Waals surface area contributed by atoms with Gasteiger partial charge >= 0.3 is 0 Å². The third-order valence-corrected chi connectivity index (χ3v) is 3.19. The van der Waals surface area contributed by atoms with E-state index in [1.807, 2.05) is 13.8 Å². The Labute approximate surface area is 117 Å². The second kappa shape index (κ2) is 5.74. The van der Waals surface area contributed by atoms with Crippen LogP contribution >= 0.6 is 0 Å². The van der Waals surface area contributed by atoms with Crippen LogP contribution in [0.15, 0.2) is 42.5 Å². The van der Waals surface area contributed by atoms with Crippen molar-refractivity contribution in [2.45, 2.75) is 13.8 Å². The van der Waals surface area contributed by atoms with Crippen LogP contribution in [0.5, 0.6) is 0 Å².